The average molecular weight is 346 g/mol. The maximum Gasteiger partial charge on any atom is 0.261 e. The largest absolute Gasteiger partial charge is 0.389 e. The van der Waals surface area contributed by atoms with E-state index in [0.717, 1.165) is 0 Å². The Balaban J connectivity index is 1.63. The van der Waals surface area contributed by atoms with Crippen LogP contribution in [0.2, 0.25) is 0 Å². The topological polar surface area (TPSA) is 64.4 Å². The summed E-state index contributed by atoms with van der Waals surface area (Å²) in [7, 11) is 0. The van der Waals surface area contributed by atoms with Crippen molar-refractivity contribution in [1.29, 1.82) is 0 Å². The third-order valence-corrected chi connectivity index (χ3v) is 3.72. The molecule has 0 amide bonds. The van der Waals surface area contributed by atoms with Gasteiger partial charge in [0.1, 0.15) is 11.6 Å². The molecular formula is C18H16F2N2O3. The Morgan fingerprint density at radius 1 is 1.20 bits per heavy atom. The summed E-state index contributed by atoms with van der Waals surface area (Å²) in [5.74, 6) is -0.849. The minimum absolute atomic E-state index is 0.0217. The van der Waals surface area contributed by atoms with E-state index >= 15 is 0 Å². The van der Waals surface area contributed by atoms with Crippen molar-refractivity contribution in [2.45, 2.75) is 19.3 Å². The van der Waals surface area contributed by atoms with Gasteiger partial charge in [-0.25, -0.2) is 13.8 Å². The molecule has 0 spiro atoms. The van der Waals surface area contributed by atoms with Crippen molar-refractivity contribution in [1.82, 2.24) is 9.55 Å². The molecule has 25 heavy (non-hydrogen) atoms. The zero-order chi connectivity index (χ0) is 17.8. The highest BCUT2D eigenvalue weighted by molar-refractivity contribution is 5.77. The third-order valence-electron chi connectivity index (χ3n) is 3.72. The highest BCUT2D eigenvalue weighted by Gasteiger charge is 2.11. The number of aliphatic hydroxyl groups is 1. The molecule has 0 saturated carbocycles. The SMILES string of the molecule is O=c1c2ccc(F)cc2ncn1C[C@H](O)COCc1ccccc1F. The molecule has 7 heteroatoms. The van der Waals surface area contributed by atoms with E-state index in [2.05, 4.69) is 4.98 Å². The van der Waals surface area contributed by atoms with Crippen molar-refractivity contribution in [3.63, 3.8) is 0 Å². The van der Waals surface area contributed by atoms with Crippen LogP contribution < -0.4 is 5.56 Å². The monoisotopic (exact) mass is 346 g/mol. The second kappa shape index (κ2) is 7.50. The van der Waals surface area contributed by atoms with Crippen molar-refractivity contribution < 1.29 is 18.6 Å². The number of rotatable bonds is 6. The van der Waals surface area contributed by atoms with Gasteiger partial charge in [0.05, 0.1) is 43.1 Å². The van der Waals surface area contributed by atoms with Gasteiger partial charge in [-0.3, -0.25) is 9.36 Å². The number of hydrogen-bond acceptors (Lipinski definition) is 4. The Morgan fingerprint density at radius 2 is 2.00 bits per heavy atom. The average Bonchev–Trinajstić information content (AvgIpc) is 2.59. The predicted molar refractivity (Wildman–Crippen MR) is 88.0 cm³/mol. The maximum absolute atomic E-state index is 13.5. The van der Waals surface area contributed by atoms with Gasteiger partial charge in [0.2, 0.25) is 0 Å². The molecule has 3 aromatic rings. The second-order valence-electron chi connectivity index (χ2n) is 5.62. The summed E-state index contributed by atoms with van der Waals surface area (Å²) >= 11 is 0. The molecule has 0 aliphatic rings. The molecule has 1 N–H and O–H groups in total. The fourth-order valence-electron chi connectivity index (χ4n) is 2.46. The summed E-state index contributed by atoms with van der Waals surface area (Å²) in [6, 6.07) is 9.92. The van der Waals surface area contributed by atoms with E-state index in [-0.39, 0.29) is 42.0 Å². The second-order valence-corrected chi connectivity index (χ2v) is 5.62. The van der Waals surface area contributed by atoms with E-state index in [1.807, 2.05) is 0 Å². The lowest BCUT2D eigenvalue weighted by atomic mass is 10.2. The van der Waals surface area contributed by atoms with Crippen LogP contribution in [0.5, 0.6) is 0 Å². The first kappa shape index (κ1) is 17.2. The molecule has 0 bridgehead atoms. The fraction of sp³-hybridized carbons (Fsp3) is 0.222. The van der Waals surface area contributed by atoms with Crippen molar-refractivity contribution in [3.05, 3.63) is 76.3 Å². The lowest BCUT2D eigenvalue weighted by Crippen LogP contribution is -2.29. The van der Waals surface area contributed by atoms with Gasteiger partial charge in [-0.1, -0.05) is 18.2 Å². The lowest BCUT2D eigenvalue weighted by molar-refractivity contribution is 0.0189. The zero-order valence-corrected chi connectivity index (χ0v) is 13.2. The van der Waals surface area contributed by atoms with E-state index in [0.29, 0.717) is 5.56 Å². The molecule has 0 fully saturated rings. The first-order valence-corrected chi connectivity index (χ1v) is 7.68. The van der Waals surface area contributed by atoms with Crippen LogP contribution in [0.3, 0.4) is 0 Å². The van der Waals surface area contributed by atoms with Crippen molar-refractivity contribution >= 4 is 10.9 Å². The van der Waals surface area contributed by atoms with Crippen LogP contribution in [0, 0.1) is 11.6 Å². The van der Waals surface area contributed by atoms with Gasteiger partial charge in [0.25, 0.3) is 5.56 Å². The van der Waals surface area contributed by atoms with Gasteiger partial charge in [0, 0.05) is 11.6 Å². The molecule has 0 saturated heterocycles. The maximum atomic E-state index is 13.5. The Kier molecular flexibility index (Phi) is 5.16. The van der Waals surface area contributed by atoms with E-state index < -0.39 is 11.9 Å². The molecule has 0 radical (unpaired) electrons. The van der Waals surface area contributed by atoms with E-state index in [4.69, 9.17) is 4.74 Å². The molecular weight excluding hydrogens is 330 g/mol. The molecule has 0 aliphatic carbocycles. The molecule has 1 atom stereocenters. The highest BCUT2D eigenvalue weighted by atomic mass is 19.1. The van der Waals surface area contributed by atoms with E-state index in [1.54, 1.807) is 18.2 Å². The third kappa shape index (κ3) is 4.07. The first-order chi connectivity index (χ1) is 12.0. The van der Waals surface area contributed by atoms with Crippen LogP contribution in [0.15, 0.2) is 53.6 Å². The lowest BCUT2D eigenvalue weighted by Gasteiger charge is -2.13. The van der Waals surface area contributed by atoms with Crippen LogP contribution in [0.25, 0.3) is 10.9 Å². The molecule has 0 unspecified atom stereocenters. The summed E-state index contributed by atoms with van der Waals surface area (Å²) in [5, 5.41) is 10.3. The number of ether oxygens (including phenoxy) is 1. The molecule has 0 aliphatic heterocycles. The molecule has 1 aromatic heterocycles. The van der Waals surface area contributed by atoms with Crippen molar-refractivity contribution in [2.75, 3.05) is 6.61 Å². The van der Waals surface area contributed by atoms with E-state index in [9.17, 15) is 18.7 Å². The molecule has 3 rings (SSSR count). The molecule has 2 aromatic carbocycles. The minimum Gasteiger partial charge on any atom is -0.389 e. The van der Waals surface area contributed by atoms with Crippen LogP contribution in [0.1, 0.15) is 5.56 Å². The van der Waals surface area contributed by atoms with Gasteiger partial charge in [0.15, 0.2) is 0 Å². The molecule has 130 valence electrons. The van der Waals surface area contributed by atoms with Gasteiger partial charge < -0.3 is 9.84 Å². The van der Waals surface area contributed by atoms with Crippen molar-refractivity contribution in [2.24, 2.45) is 0 Å². The summed E-state index contributed by atoms with van der Waals surface area (Å²) in [6.07, 6.45) is 0.286. The van der Waals surface area contributed by atoms with Crippen LogP contribution in [-0.4, -0.2) is 27.4 Å². The highest BCUT2D eigenvalue weighted by Crippen LogP contribution is 2.10. The number of nitrogens with zero attached hydrogens (tertiary/aromatic N) is 2. The number of benzene rings is 2. The van der Waals surface area contributed by atoms with Gasteiger partial charge in [-0.15, -0.1) is 0 Å². The summed E-state index contributed by atoms with van der Waals surface area (Å²) in [4.78, 5) is 16.3. The number of aliphatic hydroxyl groups excluding tert-OH is 1. The van der Waals surface area contributed by atoms with E-state index in [1.165, 1.54) is 35.2 Å². The fourth-order valence-corrected chi connectivity index (χ4v) is 2.46. The number of hydrogen-bond donors (Lipinski definition) is 1. The molecule has 5 nitrogen and oxygen atoms in total. The Morgan fingerprint density at radius 3 is 2.80 bits per heavy atom. The summed E-state index contributed by atoms with van der Waals surface area (Å²) < 4.78 is 33.2. The molecule has 1 heterocycles. The van der Waals surface area contributed by atoms with Crippen molar-refractivity contribution in [3.8, 4) is 0 Å². The normalized spacial score (nSPS) is 12.4. The number of fused-ring (bicyclic) bond motifs is 1. The van der Waals surface area contributed by atoms with Gasteiger partial charge in [-0.05, 0) is 18.2 Å². The Bertz CT molecular complexity index is 943. The van der Waals surface area contributed by atoms with Gasteiger partial charge >= 0.3 is 0 Å². The van der Waals surface area contributed by atoms with Crippen LogP contribution in [-0.2, 0) is 17.9 Å². The van der Waals surface area contributed by atoms with Crippen LogP contribution in [0.4, 0.5) is 8.78 Å². The quantitative estimate of drug-likeness (QED) is 0.744. The Labute approximate surface area is 142 Å². The minimum atomic E-state index is -0.968. The van der Waals surface area contributed by atoms with Gasteiger partial charge in [-0.2, -0.15) is 0 Å². The summed E-state index contributed by atoms with van der Waals surface area (Å²) in [5.41, 5.74) is 0.269. The smallest absolute Gasteiger partial charge is 0.261 e. The predicted octanol–water partition coefficient (Wildman–Crippen LogP) is 2.25. The Hall–Kier alpha value is -2.64. The number of aromatic nitrogens is 2. The number of halogens is 2. The zero-order valence-electron chi connectivity index (χ0n) is 13.2. The first-order valence-electron chi connectivity index (χ1n) is 7.68. The van der Waals surface area contributed by atoms with Crippen LogP contribution >= 0.6 is 0 Å². The summed E-state index contributed by atoms with van der Waals surface area (Å²) in [6.45, 7) is -0.0769. The standard InChI is InChI=1S/C18H16F2N2O3/c19-13-5-6-15-17(7-13)21-11-22(18(15)24)8-14(23)10-25-9-12-3-1-2-4-16(12)20/h1-7,11,14,23H,8-10H2/t14-/m0/s1.